The Kier molecular flexibility index (Phi) is 6.76. The Hall–Kier alpha value is -2.00. The lowest BCUT2D eigenvalue weighted by Crippen LogP contribution is -2.13. The summed E-state index contributed by atoms with van der Waals surface area (Å²) in [6.07, 6.45) is 14.3. The Morgan fingerprint density at radius 2 is 1.59 bits per heavy atom. The molecule has 29 heavy (non-hydrogen) atoms. The highest BCUT2D eigenvalue weighted by molar-refractivity contribution is 5.77. The molecule has 1 fully saturated rings. The molecule has 2 aromatic carbocycles. The molecule has 2 aromatic rings. The molecule has 2 aliphatic carbocycles. The minimum absolute atomic E-state index is 0.610. The van der Waals surface area contributed by atoms with Gasteiger partial charge in [-0.3, -0.25) is 0 Å². The molecule has 0 heterocycles. The SMILES string of the molecule is CCCCCc1ccc2c(c1)Cc1cc(C#CC3CCC(CCC)CC3)ccc1-2. The molecule has 0 N–H and O–H groups in total. The van der Waals surface area contributed by atoms with E-state index >= 15 is 0 Å². The number of hydrogen-bond acceptors (Lipinski definition) is 0. The molecular formula is C29H36. The van der Waals surface area contributed by atoms with Crippen LogP contribution >= 0.6 is 0 Å². The van der Waals surface area contributed by atoms with Gasteiger partial charge in [0.1, 0.15) is 0 Å². The highest BCUT2D eigenvalue weighted by Gasteiger charge is 2.20. The van der Waals surface area contributed by atoms with Gasteiger partial charge in [0.2, 0.25) is 0 Å². The van der Waals surface area contributed by atoms with Crippen LogP contribution in [0.15, 0.2) is 36.4 Å². The number of benzene rings is 2. The Balaban J connectivity index is 1.41. The number of rotatable bonds is 6. The van der Waals surface area contributed by atoms with E-state index in [4.69, 9.17) is 0 Å². The largest absolute Gasteiger partial charge is 0.0945 e. The first-order chi connectivity index (χ1) is 14.3. The second kappa shape index (κ2) is 9.67. The molecular weight excluding hydrogens is 348 g/mol. The minimum atomic E-state index is 0.610. The Labute approximate surface area is 178 Å². The van der Waals surface area contributed by atoms with Crippen molar-refractivity contribution >= 4 is 0 Å². The van der Waals surface area contributed by atoms with E-state index in [1.165, 1.54) is 97.6 Å². The molecule has 0 radical (unpaired) electrons. The van der Waals surface area contributed by atoms with Crippen molar-refractivity contribution in [1.82, 2.24) is 0 Å². The predicted molar refractivity (Wildman–Crippen MR) is 125 cm³/mol. The highest BCUT2D eigenvalue weighted by Crippen LogP contribution is 2.37. The fourth-order valence-electron chi connectivity index (χ4n) is 5.27. The predicted octanol–water partition coefficient (Wildman–Crippen LogP) is 7.95. The summed E-state index contributed by atoms with van der Waals surface area (Å²) in [6.45, 7) is 4.59. The third-order valence-electron chi connectivity index (χ3n) is 6.98. The number of hydrogen-bond donors (Lipinski definition) is 0. The second-order valence-electron chi connectivity index (χ2n) is 9.27. The summed E-state index contributed by atoms with van der Waals surface area (Å²) in [4.78, 5) is 0. The molecule has 0 atom stereocenters. The van der Waals surface area contributed by atoms with Gasteiger partial charge in [-0.15, -0.1) is 0 Å². The van der Waals surface area contributed by atoms with Crippen molar-refractivity contribution in [1.29, 1.82) is 0 Å². The molecule has 152 valence electrons. The summed E-state index contributed by atoms with van der Waals surface area (Å²) in [6, 6.07) is 14.0. The summed E-state index contributed by atoms with van der Waals surface area (Å²) in [5.41, 5.74) is 8.54. The van der Waals surface area contributed by atoms with Crippen LogP contribution < -0.4 is 0 Å². The van der Waals surface area contributed by atoms with Crippen LogP contribution in [0.3, 0.4) is 0 Å². The molecule has 0 saturated heterocycles. The smallest absolute Gasteiger partial charge is 0.0248 e. The first-order valence-electron chi connectivity index (χ1n) is 12.0. The minimum Gasteiger partial charge on any atom is -0.0945 e. The van der Waals surface area contributed by atoms with E-state index in [1.807, 2.05) is 0 Å². The molecule has 0 aliphatic heterocycles. The van der Waals surface area contributed by atoms with Crippen molar-refractivity contribution in [3.05, 3.63) is 58.7 Å². The van der Waals surface area contributed by atoms with E-state index < -0.39 is 0 Å². The van der Waals surface area contributed by atoms with Gasteiger partial charge >= 0.3 is 0 Å². The van der Waals surface area contributed by atoms with Crippen molar-refractivity contribution < 1.29 is 0 Å². The molecule has 0 bridgehead atoms. The van der Waals surface area contributed by atoms with E-state index in [1.54, 1.807) is 0 Å². The lowest BCUT2D eigenvalue weighted by Gasteiger charge is -2.25. The van der Waals surface area contributed by atoms with Gasteiger partial charge < -0.3 is 0 Å². The van der Waals surface area contributed by atoms with Gasteiger partial charge in [0.05, 0.1) is 0 Å². The maximum absolute atomic E-state index is 3.60. The Morgan fingerprint density at radius 1 is 0.828 bits per heavy atom. The van der Waals surface area contributed by atoms with Crippen molar-refractivity contribution in [3.8, 4) is 23.0 Å². The maximum Gasteiger partial charge on any atom is 0.0248 e. The number of unbranched alkanes of at least 4 members (excludes halogenated alkanes) is 2. The van der Waals surface area contributed by atoms with Crippen LogP contribution in [0.25, 0.3) is 11.1 Å². The van der Waals surface area contributed by atoms with Gasteiger partial charge in [-0.2, -0.15) is 0 Å². The van der Waals surface area contributed by atoms with Gasteiger partial charge in [0.25, 0.3) is 0 Å². The van der Waals surface area contributed by atoms with E-state index in [-0.39, 0.29) is 0 Å². The summed E-state index contributed by atoms with van der Waals surface area (Å²) in [7, 11) is 0. The molecule has 0 aromatic heterocycles. The molecule has 2 aliphatic rings. The molecule has 0 heteroatoms. The first kappa shape index (κ1) is 20.3. The fourth-order valence-corrected chi connectivity index (χ4v) is 5.27. The van der Waals surface area contributed by atoms with E-state index in [2.05, 4.69) is 62.1 Å². The Bertz CT molecular complexity index is 884. The fraction of sp³-hybridized carbons (Fsp3) is 0.517. The zero-order valence-corrected chi connectivity index (χ0v) is 18.4. The molecule has 0 spiro atoms. The zero-order valence-electron chi connectivity index (χ0n) is 18.4. The van der Waals surface area contributed by atoms with Crippen molar-refractivity contribution in [2.24, 2.45) is 11.8 Å². The van der Waals surface area contributed by atoms with E-state index in [9.17, 15) is 0 Å². The first-order valence-corrected chi connectivity index (χ1v) is 12.0. The van der Waals surface area contributed by atoms with Crippen LogP contribution in [0.4, 0.5) is 0 Å². The average molecular weight is 385 g/mol. The molecule has 0 unspecified atom stereocenters. The maximum atomic E-state index is 3.60. The van der Waals surface area contributed by atoms with Gasteiger partial charge in [0.15, 0.2) is 0 Å². The molecule has 0 nitrogen and oxygen atoms in total. The third kappa shape index (κ3) is 4.95. The van der Waals surface area contributed by atoms with E-state index in [0.29, 0.717) is 5.92 Å². The third-order valence-corrected chi connectivity index (χ3v) is 6.98. The van der Waals surface area contributed by atoms with Gasteiger partial charge in [-0.25, -0.2) is 0 Å². The van der Waals surface area contributed by atoms with Gasteiger partial charge in [-0.1, -0.05) is 75.6 Å². The molecule has 4 rings (SSSR count). The standard InChI is InChI=1S/C29H36/c1-3-5-6-8-24-15-17-28-26(19-24)21-27-20-25(16-18-29(27)28)14-13-23-11-9-22(7-4-2)10-12-23/h15-20,22-23H,3-12,21H2,1-2H3. The van der Waals surface area contributed by atoms with Crippen LogP contribution in [0, 0.1) is 23.7 Å². The van der Waals surface area contributed by atoms with Crippen molar-refractivity contribution in [2.45, 2.75) is 84.5 Å². The van der Waals surface area contributed by atoms with Crippen LogP contribution in [0.2, 0.25) is 0 Å². The lowest BCUT2D eigenvalue weighted by molar-refractivity contribution is 0.300. The lowest BCUT2D eigenvalue weighted by atomic mass is 9.80. The summed E-state index contributed by atoms with van der Waals surface area (Å²) in [5, 5.41) is 0. The number of fused-ring (bicyclic) bond motifs is 3. The summed E-state index contributed by atoms with van der Waals surface area (Å²) < 4.78 is 0. The monoisotopic (exact) mass is 384 g/mol. The zero-order chi connectivity index (χ0) is 20.1. The summed E-state index contributed by atoms with van der Waals surface area (Å²) >= 11 is 0. The van der Waals surface area contributed by atoms with Crippen LogP contribution in [0.1, 0.15) is 93.9 Å². The van der Waals surface area contributed by atoms with Gasteiger partial charge in [0, 0.05) is 11.5 Å². The molecule has 0 amide bonds. The van der Waals surface area contributed by atoms with Crippen molar-refractivity contribution in [2.75, 3.05) is 0 Å². The number of aryl methyl sites for hydroxylation is 1. The Morgan fingerprint density at radius 3 is 2.34 bits per heavy atom. The normalized spacial score (nSPS) is 19.9. The second-order valence-corrected chi connectivity index (χ2v) is 9.27. The van der Waals surface area contributed by atoms with Crippen LogP contribution in [-0.4, -0.2) is 0 Å². The van der Waals surface area contributed by atoms with Crippen molar-refractivity contribution in [3.63, 3.8) is 0 Å². The quantitative estimate of drug-likeness (QED) is 0.299. The molecule has 1 saturated carbocycles. The van der Waals surface area contributed by atoms with E-state index in [0.717, 1.165) is 12.3 Å². The highest BCUT2D eigenvalue weighted by atomic mass is 14.2. The summed E-state index contributed by atoms with van der Waals surface area (Å²) in [5.74, 6) is 8.69. The van der Waals surface area contributed by atoms with Gasteiger partial charge in [-0.05, 0) is 90.8 Å². The topological polar surface area (TPSA) is 0 Å². The van der Waals surface area contributed by atoms with Crippen LogP contribution in [0.5, 0.6) is 0 Å². The average Bonchev–Trinajstić information content (AvgIpc) is 3.10. The van der Waals surface area contributed by atoms with Crippen LogP contribution in [-0.2, 0) is 12.8 Å².